The van der Waals surface area contributed by atoms with Gasteiger partial charge in [-0.05, 0) is 39.3 Å². The minimum Gasteiger partial charge on any atom is -0.493 e. The molecular formula is C23H29N3O5S. The lowest BCUT2D eigenvalue weighted by Gasteiger charge is -2.29. The van der Waals surface area contributed by atoms with Crippen LogP contribution in [-0.4, -0.2) is 48.2 Å². The lowest BCUT2D eigenvalue weighted by atomic mass is 10.1. The Balaban J connectivity index is 1.76. The van der Waals surface area contributed by atoms with Crippen molar-refractivity contribution in [2.45, 2.75) is 45.8 Å². The van der Waals surface area contributed by atoms with Crippen molar-refractivity contribution in [2.75, 3.05) is 26.1 Å². The summed E-state index contributed by atoms with van der Waals surface area (Å²) < 4.78 is 16.3. The number of benzene rings is 1. The van der Waals surface area contributed by atoms with Crippen molar-refractivity contribution in [1.29, 1.82) is 0 Å². The third-order valence-corrected chi connectivity index (χ3v) is 5.78. The zero-order chi connectivity index (χ0) is 23.5. The van der Waals surface area contributed by atoms with Crippen LogP contribution in [0.25, 0.3) is 0 Å². The Labute approximate surface area is 192 Å². The van der Waals surface area contributed by atoms with Gasteiger partial charge in [-0.15, -0.1) is 6.58 Å². The van der Waals surface area contributed by atoms with Crippen molar-refractivity contribution in [1.82, 2.24) is 9.88 Å². The fourth-order valence-corrected chi connectivity index (χ4v) is 4.40. The molecule has 2 aromatic rings. The molecule has 8 nitrogen and oxygen atoms in total. The van der Waals surface area contributed by atoms with E-state index in [0.29, 0.717) is 48.1 Å². The minimum atomic E-state index is -0.548. The number of amides is 2. The van der Waals surface area contributed by atoms with Gasteiger partial charge in [-0.3, -0.25) is 10.1 Å². The van der Waals surface area contributed by atoms with Crippen LogP contribution in [0.5, 0.6) is 11.5 Å². The van der Waals surface area contributed by atoms with Gasteiger partial charge in [0.15, 0.2) is 16.6 Å². The van der Waals surface area contributed by atoms with Gasteiger partial charge in [-0.2, -0.15) is 0 Å². The zero-order valence-electron chi connectivity index (χ0n) is 19.1. The highest BCUT2D eigenvalue weighted by Crippen LogP contribution is 2.34. The maximum absolute atomic E-state index is 12.9. The van der Waals surface area contributed by atoms with Gasteiger partial charge < -0.3 is 19.1 Å². The fourth-order valence-electron chi connectivity index (χ4n) is 3.38. The average Bonchev–Trinajstić information content (AvgIpc) is 3.13. The van der Waals surface area contributed by atoms with Gasteiger partial charge in [0, 0.05) is 29.0 Å². The first kappa shape index (κ1) is 23.6. The van der Waals surface area contributed by atoms with Crippen molar-refractivity contribution in [3.63, 3.8) is 0 Å². The molecular weight excluding hydrogens is 430 g/mol. The number of nitrogens with zero attached hydrogens (tertiary/aromatic N) is 2. The van der Waals surface area contributed by atoms with Gasteiger partial charge in [-0.1, -0.05) is 17.4 Å². The summed E-state index contributed by atoms with van der Waals surface area (Å²) in [5.74, 6) is 0.755. The summed E-state index contributed by atoms with van der Waals surface area (Å²) in [4.78, 5) is 32.5. The van der Waals surface area contributed by atoms with E-state index < -0.39 is 5.60 Å². The second kappa shape index (κ2) is 9.60. The summed E-state index contributed by atoms with van der Waals surface area (Å²) in [5.41, 5.74) is 1.58. The average molecular weight is 460 g/mol. The van der Waals surface area contributed by atoms with E-state index in [4.69, 9.17) is 14.2 Å². The second-order valence-corrected chi connectivity index (χ2v) is 9.44. The fraction of sp³-hybridized carbons (Fsp3) is 0.435. The van der Waals surface area contributed by atoms with Gasteiger partial charge in [0.25, 0.3) is 5.91 Å². The SMILES string of the molecule is C=CCc1cc(C(=O)Nc2nc3c(s2)CN(C(=O)OC(C)(C)C)CC3)cc(OC)c1OC. The molecule has 172 valence electrons. The standard InChI is InChI=1S/C23H29N3O5S/c1-7-8-14-11-15(12-17(29-5)19(14)30-6)20(27)25-21-24-16-9-10-26(13-18(16)32-21)22(28)31-23(2,3)4/h7,11-12H,1,8-10,13H2,2-6H3,(H,24,25,27). The van der Waals surface area contributed by atoms with Crippen LogP contribution in [-0.2, 0) is 24.1 Å². The Hall–Kier alpha value is -3.07. The van der Waals surface area contributed by atoms with E-state index in [1.165, 1.54) is 18.4 Å². The van der Waals surface area contributed by atoms with Crippen molar-refractivity contribution >= 4 is 28.5 Å². The highest BCUT2D eigenvalue weighted by molar-refractivity contribution is 7.15. The van der Waals surface area contributed by atoms with Crippen LogP contribution in [0, 0.1) is 0 Å². The molecule has 0 radical (unpaired) electrons. The molecule has 1 aliphatic heterocycles. The van der Waals surface area contributed by atoms with Gasteiger partial charge >= 0.3 is 6.09 Å². The Morgan fingerprint density at radius 1 is 1.28 bits per heavy atom. The van der Waals surface area contributed by atoms with Crippen molar-refractivity contribution < 1.29 is 23.8 Å². The quantitative estimate of drug-likeness (QED) is 0.643. The number of aromatic nitrogens is 1. The van der Waals surface area contributed by atoms with Gasteiger partial charge in [0.05, 0.1) is 26.5 Å². The second-order valence-electron chi connectivity index (χ2n) is 8.36. The molecule has 0 atom stereocenters. The molecule has 0 spiro atoms. The zero-order valence-corrected chi connectivity index (χ0v) is 19.9. The number of carbonyl (C=O) groups is 2. The first-order valence-electron chi connectivity index (χ1n) is 10.3. The molecule has 1 aromatic carbocycles. The van der Waals surface area contributed by atoms with Gasteiger partial charge in [0.1, 0.15) is 5.60 Å². The molecule has 9 heteroatoms. The van der Waals surface area contributed by atoms with Crippen LogP contribution in [0.2, 0.25) is 0 Å². The number of thiazole rings is 1. The molecule has 1 N–H and O–H groups in total. The minimum absolute atomic E-state index is 0.300. The molecule has 2 heterocycles. The van der Waals surface area contributed by atoms with Crippen LogP contribution >= 0.6 is 11.3 Å². The summed E-state index contributed by atoms with van der Waals surface area (Å²) in [6, 6.07) is 3.40. The van der Waals surface area contributed by atoms with Crippen molar-refractivity contribution in [2.24, 2.45) is 0 Å². The third-order valence-electron chi connectivity index (χ3n) is 4.79. The first-order valence-corrected chi connectivity index (χ1v) is 11.1. The van der Waals surface area contributed by atoms with Crippen LogP contribution in [0.3, 0.4) is 0 Å². The summed E-state index contributed by atoms with van der Waals surface area (Å²) in [6.07, 6.45) is 2.54. The Bertz CT molecular complexity index is 1030. The predicted octanol–water partition coefficient (Wildman–Crippen LogP) is 4.43. The normalized spacial score (nSPS) is 13.2. The molecule has 0 aliphatic carbocycles. The van der Waals surface area contributed by atoms with Gasteiger partial charge in [0.2, 0.25) is 0 Å². The number of anilines is 1. The lowest BCUT2D eigenvalue weighted by molar-refractivity contribution is 0.0225. The molecule has 32 heavy (non-hydrogen) atoms. The molecule has 0 unspecified atom stereocenters. The van der Waals surface area contributed by atoms with E-state index in [0.717, 1.165) is 16.1 Å². The van der Waals surface area contributed by atoms with Crippen molar-refractivity contribution in [3.05, 3.63) is 46.5 Å². The van der Waals surface area contributed by atoms with Crippen LogP contribution < -0.4 is 14.8 Å². The topological polar surface area (TPSA) is 90.0 Å². The summed E-state index contributed by atoms with van der Waals surface area (Å²) >= 11 is 1.36. The molecule has 0 fully saturated rings. The van der Waals surface area contributed by atoms with E-state index in [9.17, 15) is 9.59 Å². The molecule has 3 rings (SSSR count). The third kappa shape index (κ3) is 5.40. The van der Waals surface area contributed by atoms with E-state index in [1.807, 2.05) is 20.8 Å². The highest BCUT2D eigenvalue weighted by Gasteiger charge is 2.28. The molecule has 0 saturated heterocycles. The highest BCUT2D eigenvalue weighted by atomic mass is 32.1. The maximum atomic E-state index is 12.9. The number of hydrogen-bond donors (Lipinski definition) is 1. The van der Waals surface area contributed by atoms with E-state index in [-0.39, 0.29) is 12.0 Å². The smallest absolute Gasteiger partial charge is 0.410 e. The molecule has 1 aliphatic rings. The first-order chi connectivity index (χ1) is 15.1. The number of hydrogen-bond acceptors (Lipinski definition) is 7. The van der Waals surface area contributed by atoms with E-state index in [1.54, 1.807) is 30.2 Å². The Morgan fingerprint density at radius 3 is 2.66 bits per heavy atom. The van der Waals surface area contributed by atoms with Crippen LogP contribution in [0.4, 0.5) is 9.93 Å². The van der Waals surface area contributed by atoms with Crippen molar-refractivity contribution in [3.8, 4) is 11.5 Å². The number of ether oxygens (including phenoxy) is 3. The molecule has 1 aromatic heterocycles. The summed E-state index contributed by atoms with van der Waals surface area (Å²) in [6.45, 7) is 10.2. The number of methoxy groups -OCH3 is 2. The molecule has 0 bridgehead atoms. The summed E-state index contributed by atoms with van der Waals surface area (Å²) in [7, 11) is 3.09. The number of nitrogens with one attached hydrogen (secondary N) is 1. The van der Waals surface area contributed by atoms with Gasteiger partial charge in [-0.25, -0.2) is 9.78 Å². The number of carbonyl (C=O) groups excluding carboxylic acids is 2. The molecule has 2 amide bonds. The number of allylic oxidation sites excluding steroid dienone is 1. The lowest BCUT2D eigenvalue weighted by Crippen LogP contribution is -2.39. The van der Waals surface area contributed by atoms with Crippen LogP contribution in [0.1, 0.15) is 47.3 Å². The molecule has 0 saturated carbocycles. The monoisotopic (exact) mass is 459 g/mol. The predicted molar refractivity (Wildman–Crippen MR) is 124 cm³/mol. The maximum Gasteiger partial charge on any atom is 0.410 e. The number of rotatable bonds is 6. The van der Waals surface area contributed by atoms with Crippen LogP contribution in [0.15, 0.2) is 24.8 Å². The largest absolute Gasteiger partial charge is 0.493 e. The summed E-state index contributed by atoms with van der Waals surface area (Å²) in [5, 5.41) is 3.36. The Kier molecular flexibility index (Phi) is 7.08. The van der Waals surface area contributed by atoms with E-state index >= 15 is 0 Å². The number of fused-ring (bicyclic) bond motifs is 1. The Morgan fingerprint density at radius 2 is 2.03 bits per heavy atom. The van der Waals surface area contributed by atoms with E-state index in [2.05, 4.69) is 16.9 Å².